The summed E-state index contributed by atoms with van der Waals surface area (Å²) >= 11 is 0. The molecular weight excluding hydrogens is 178 g/mol. The van der Waals surface area contributed by atoms with E-state index in [1.165, 1.54) is 12.8 Å². The van der Waals surface area contributed by atoms with E-state index in [0.717, 1.165) is 31.0 Å². The second-order valence-corrected chi connectivity index (χ2v) is 3.71. The van der Waals surface area contributed by atoms with Crippen LogP contribution in [0.15, 0.2) is 10.7 Å². The third-order valence-electron chi connectivity index (χ3n) is 2.58. The van der Waals surface area contributed by atoms with E-state index in [0.29, 0.717) is 12.6 Å². The zero-order chi connectivity index (χ0) is 9.80. The van der Waals surface area contributed by atoms with Gasteiger partial charge in [0.2, 0.25) is 0 Å². The number of hydrogen-bond donors (Lipinski definition) is 2. The predicted octanol–water partition coefficient (Wildman–Crippen LogP) is 0.990. The van der Waals surface area contributed by atoms with Crippen molar-refractivity contribution in [2.24, 2.45) is 5.73 Å². The molecule has 1 aromatic rings. The van der Waals surface area contributed by atoms with Crippen molar-refractivity contribution in [1.82, 2.24) is 10.3 Å². The Labute approximate surface area is 83.9 Å². The molecular formula is C10H17N3O. The largest absolute Gasteiger partial charge is 0.449 e. The first kappa shape index (κ1) is 9.68. The summed E-state index contributed by atoms with van der Waals surface area (Å²) in [7, 11) is 0. The van der Waals surface area contributed by atoms with Crippen LogP contribution in [-0.2, 0) is 6.42 Å². The lowest BCUT2D eigenvalue weighted by Gasteiger charge is -2.03. The van der Waals surface area contributed by atoms with Gasteiger partial charge in [-0.25, -0.2) is 4.98 Å². The summed E-state index contributed by atoms with van der Waals surface area (Å²) in [5.41, 5.74) is 6.47. The van der Waals surface area contributed by atoms with Crippen LogP contribution >= 0.6 is 0 Å². The number of nitrogens with zero attached hydrogens (tertiary/aromatic N) is 1. The molecule has 2 rings (SSSR count). The molecule has 1 aromatic heterocycles. The highest BCUT2D eigenvalue weighted by molar-refractivity contribution is 5.05. The molecule has 14 heavy (non-hydrogen) atoms. The molecule has 0 radical (unpaired) electrons. The summed E-state index contributed by atoms with van der Waals surface area (Å²) in [5.74, 6) is 0.819. The Hall–Kier alpha value is -0.870. The fourth-order valence-corrected chi connectivity index (χ4v) is 1.79. The third kappa shape index (κ3) is 2.13. The van der Waals surface area contributed by atoms with Gasteiger partial charge >= 0.3 is 0 Å². The molecule has 0 aliphatic carbocycles. The van der Waals surface area contributed by atoms with Crippen LogP contribution in [0.5, 0.6) is 0 Å². The van der Waals surface area contributed by atoms with Crippen molar-refractivity contribution in [3.63, 3.8) is 0 Å². The molecule has 2 heterocycles. The molecule has 1 saturated heterocycles. The summed E-state index contributed by atoms with van der Waals surface area (Å²) in [6, 6.07) is 0.408. The molecule has 0 saturated carbocycles. The summed E-state index contributed by atoms with van der Waals surface area (Å²) in [5, 5.41) is 3.40. The maximum Gasteiger partial charge on any atom is 0.194 e. The zero-order valence-electron chi connectivity index (χ0n) is 8.33. The van der Waals surface area contributed by atoms with E-state index in [9.17, 15) is 0 Å². The lowest BCUT2D eigenvalue weighted by molar-refractivity contribution is 0.487. The van der Waals surface area contributed by atoms with Crippen molar-refractivity contribution in [3.05, 3.63) is 17.8 Å². The van der Waals surface area contributed by atoms with Crippen LogP contribution in [0.2, 0.25) is 0 Å². The lowest BCUT2D eigenvalue weighted by Crippen LogP contribution is -2.13. The van der Waals surface area contributed by atoms with Crippen LogP contribution in [0, 0.1) is 0 Å². The first-order chi connectivity index (χ1) is 6.90. The number of hydrogen-bond acceptors (Lipinski definition) is 4. The molecule has 1 fully saturated rings. The van der Waals surface area contributed by atoms with Crippen LogP contribution in [0.1, 0.15) is 36.9 Å². The predicted molar refractivity (Wildman–Crippen MR) is 53.9 cm³/mol. The maximum atomic E-state index is 5.42. The number of nitrogens with one attached hydrogen (secondary N) is 1. The van der Waals surface area contributed by atoms with Crippen LogP contribution in [0.25, 0.3) is 0 Å². The standard InChI is InChI=1S/C10H17N3O/c11-5-1-4-10-13-9(7-14-10)8-3-2-6-12-8/h7-8,12H,1-6,11H2. The number of aryl methyl sites for hydroxylation is 1. The minimum absolute atomic E-state index is 0.408. The maximum absolute atomic E-state index is 5.42. The summed E-state index contributed by atoms with van der Waals surface area (Å²) in [6.45, 7) is 1.79. The molecule has 0 spiro atoms. The quantitative estimate of drug-likeness (QED) is 0.752. The van der Waals surface area contributed by atoms with Crippen molar-refractivity contribution in [1.29, 1.82) is 0 Å². The van der Waals surface area contributed by atoms with Gasteiger partial charge in [-0.2, -0.15) is 0 Å². The minimum Gasteiger partial charge on any atom is -0.449 e. The highest BCUT2D eigenvalue weighted by Crippen LogP contribution is 2.22. The Morgan fingerprint density at radius 1 is 1.64 bits per heavy atom. The van der Waals surface area contributed by atoms with Crippen molar-refractivity contribution >= 4 is 0 Å². The highest BCUT2D eigenvalue weighted by Gasteiger charge is 2.19. The SMILES string of the molecule is NCCCc1nc(C2CCCN2)co1. The number of nitrogens with two attached hydrogens (primary N) is 1. The lowest BCUT2D eigenvalue weighted by atomic mass is 10.2. The monoisotopic (exact) mass is 195 g/mol. The summed E-state index contributed by atoms with van der Waals surface area (Å²) in [6.07, 6.45) is 5.97. The Morgan fingerprint density at radius 2 is 2.57 bits per heavy atom. The normalized spacial score (nSPS) is 21.6. The third-order valence-corrected chi connectivity index (χ3v) is 2.58. The van der Waals surface area contributed by atoms with Crippen molar-refractivity contribution in [2.45, 2.75) is 31.7 Å². The van der Waals surface area contributed by atoms with Crippen LogP contribution < -0.4 is 11.1 Å². The molecule has 1 aliphatic heterocycles. The van der Waals surface area contributed by atoms with Crippen LogP contribution in [0.3, 0.4) is 0 Å². The fourth-order valence-electron chi connectivity index (χ4n) is 1.79. The first-order valence-electron chi connectivity index (χ1n) is 5.28. The smallest absolute Gasteiger partial charge is 0.194 e. The van der Waals surface area contributed by atoms with Gasteiger partial charge in [-0.1, -0.05) is 0 Å². The molecule has 0 aromatic carbocycles. The van der Waals surface area contributed by atoms with Gasteiger partial charge in [0.05, 0.1) is 11.7 Å². The Morgan fingerprint density at radius 3 is 3.29 bits per heavy atom. The van der Waals surface area contributed by atoms with Crippen LogP contribution in [0.4, 0.5) is 0 Å². The van der Waals surface area contributed by atoms with Gasteiger partial charge in [0.25, 0.3) is 0 Å². The van der Waals surface area contributed by atoms with E-state index in [1.54, 1.807) is 6.26 Å². The summed E-state index contributed by atoms with van der Waals surface area (Å²) < 4.78 is 5.37. The van der Waals surface area contributed by atoms with Gasteiger partial charge in [0.15, 0.2) is 5.89 Å². The van der Waals surface area contributed by atoms with Gasteiger partial charge in [0, 0.05) is 6.42 Å². The average Bonchev–Trinajstić information content (AvgIpc) is 2.85. The second-order valence-electron chi connectivity index (χ2n) is 3.71. The molecule has 1 atom stereocenters. The summed E-state index contributed by atoms with van der Waals surface area (Å²) in [4.78, 5) is 4.45. The Bertz CT molecular complexity index is 279. The van der Waals surface area contributed by atoms with E-state index in [4.69, 9.17) is 10.2 Å². The van der Waals surface area contributed by atoms with E-state index in [1.807, 2.05) is 0 Å². The zero-order valence-corrected chi connectivity index (χ0v) is 8.33. The van der Waals surface area contributed by atoms with Gasteiger partial charge in [-0.05, 0) is 32.4 Å². The van der Waals surface area contributed by atoms with Gasteiger partial charge in [-0.15, -0.1) is 0 Å². The minimum atomic E-state index is 0.408. The Kier molecular flexibility index (Phi) is 3.16. The molecule has 1 aliphatic rings. The van der Waals surface area contributed by atoms with Crippen LogP contribution in [-0.4, -0.2) is 18.1 Å². The van der Waals surface area contributed by atoms with Crippen molar-refractivity contribution in [3.8, 4) is 0 Å². The van der Waals surface area contributed by atoms with E-state index in [2.05, 4.69) is 10.3 Å². The fraction of sp³-hybridized carbons (Fsp3) is 0.700. The Balaban J connectivity index is 1.94. The molecule has 1 unspecified atom stereocenters. The number of oxazole rings is 1. The average molecular weight is 195 g/mol. The molecule has 4 nitrogen and oxygen atoms in total. The van der Waals surface area contributed by atoms with Gasteiger partial charge in [0.1, 0.15) is 6.26 Å². The van der Waals surface area contributed by atoms with E-state index >= 15 is 0 Å². The second kappa shape index (κ2) is 4.57. The molecule has 0 bridgehead atoms. The van der Waals surface area contributed by atoms with E-state index in [-0.39, 0.29) is 0 Å². The molecule has 0 amide bonds. The number of rotatable bonds is 4. The molecule has 78 valence electrons. The number of aromatic nitrogens is 1. The van der Waals surface area contributed by atoms with Gasteiger partial charge in [-0.3, -0.25) is 0 Å². The molecule has 4 heteroatoms. The van der Waals surface area contributed by atoms with Crippen molar-refractivity contribution in [2.75, 3.05) is 13.1 Å². The van der Waals surface area contributed by atoms with Gasteiger partial charge < -0.3 is 15.5 Å². The highest BCUT2D eigenvalue weighted by atomic mass is 16.3. The topological polar surface area (TPSA) is 64.1 Å². The first-order valence-corrected chi connectivity index (χ1v) is 5.28. The molecule has 3 N–H and O–H groups in total. The van der Waals surface area contributed by atoms with E-state index < -0.39 is 0 Å². The van der Waals surface area contributed by atoms with Crippen molar-refractivity contribution < 1.29 is 4.42 Å².